The minimum atomic E-state index is -4.81. The zero-order valence-corrected chi connectivity index (χ0v) is 25.8. The predicted octanol–water partition coefficient (Wildman–Crippen LogP) is 5.53. The highest BCUT2D eigenvalue weighted by Gasteiger charge is 2.36. The maximum Gasteiger partial charge on any atom is 0.410 e. The number of carbonyl (C=O) groups is 1. The fourth-order valence-corrected chi connectivity index (χ4v) is 6.81. The number of halogens is 2. The number of anilines is 1. The summed E-state index contributed by atoms with van der Waals surface area (Å²) >= 11 is 0.997. The maximum atomic E-state index is 15.8. The van der Waals surface area contributed by atoms with E-state index in [4.69, 9.17) is 18.9 Å². The number of hydrogen-bond donors (Lipinski definition) is 0. The van der Waals surface area contributed by atoms with Crippen LogP contribution in [0.2, 0.25) is 0 Å². The summed E-state index contributed by atoms with van der Waals surface area (Å²) in [4.78, 5) is 16.8. The molecule has 1 fully saturated rings. The third-order valence-electron chi connectivity index (χ3n) is 6.45. The molecule has 1 aromatic heterocycles. The van der Waals surface area contributed by atoms with Crippen LogP contribution >= 0.6 is 11.3 Å². The molecule has 4 rings (SSSR count). The minimum Gasteiger partial charge on any atom is -0.497 e. The average molecular weight is 626 g/mol. The van der Waals surface area contributed by atoms with E-state index >= 15 is 8.78 Å². The van der Waals surface area contributed by atoms with E-state index in [0.29, 0.717) is 30.0 Å². The Morgan fingerprint density at radius 1 is 1.17 bits per heavy atom. The Morgan fingerprint density at radius 3 is 2.52 bits per heavy atom. The van der Waals surface area contributed by atoms with Crippen molar-refractivity contribution in [1.82, 2.24) is 9.88 Å². The van der Waals surface area contributed by atoms with Crippen LogP contribution < -0.4 is 18.5 Å². The van der Waals surface area contributed by atoms with E-state index in [-0.39, 0.29) is 29.5 Å². The molecule has 1 saturated heterocycles. The molecule has 0 radical (unpaired) electrons. The summed E-state index contributed by atoms with van der Waals surface area (Å²) in [5.74, 6) is -1.95. The van der Waals surface area contributed by atoms with Gasteiger partial charge in [0.2, 0.25) is 0 Å². The van der Waals surface area contributed by atoms with E-state index in [1.165, 1.54) is 32.2 Å². The third-order valence-corrected chi connectivity index (χ3v) is 9.13. The molecule has 2 heterocycles. The second kappa shape index (κ2) is 12.3. The molecule has 3 aromatic rings. The molecule has 14 heteroatoms. The van der Waals surface area contributed by atoms with E-state index in [0.717, 1.165) is 21.7 Å². The van der Waals surface area contributed by atoms with Crippen LogP contribution in [0.25, 0.3) is 0 Å². The lowest BCUT2D eigenvalue weighted by molar-refractivity contribution is 0.0275. The predicted molar refractivity (Wildman–Crippen MR) is 153 cm³/mol. The third kappa shape index (κ3) is 6.70. The SMILES string of the molecule is COc1ccc(CN(c2nccs2)S(=O)(=O)c2c(F)cc(OC3CCN(C(=O)OC(C)(C)C)C3)c(C)c2F)c(OC)c1. The number of likely N-dealkylation sites (tertiary alicyclic amines) is 1. The number of methoxy groups -OCH3 is 2. The molecule has 0 bridgehead atoms. The second-order valence-corrected chi connectivity index (χ2v) is 13.3. The molecule has 228 valence electrons. The van der Waals surface area contributed by atoms with Crippen molar-refractivity contribution in [2.75, 3.05) is 31.6 Å². The second-order valence-electron chi connectivity index (χ2n) is 10.6. The molecule has 42 heavy (non-hydrogen) atoms. The molecule has 1 aliphatic heterocycles. The van der Waals surface area contributed by atoms with E-state index in [2.05, 4.69) is 4.98 Å². The van der Waals surface area contributed by atoms with E-state index < -0.39 is 44.4 Å². The van der Waals surface area contributed by atoms with Gasteiger partial charge in [-0.1, -0.05) is 0 Å². The average Bonchev–Trinajstić information content (AvgIpc) is 3.62. The van der Waals surface area contributed by atoms with Crippen LogP contribution in [0.1, 0.15) is 38.3 Å². The Labute approximate surface area is 247 Å². The largest absolute Gasteiger partial charge is 0.497 e. The van der Waals surface area contributed by atoms with Gasteiger partial charge >= 0.3 is 6.09 Å². The summed E-state index contributed by atoms with van der Waals surface area (Å²) in [6, 6.07) is 5.65. The van der Waals surface area contributed by atoms with Crippen LogP contribution in [0.4, 0.5) is 18.7 Å². The smallest absolute Gasteiger partial charge is 0.410 e. The summed E-state index contributed by atoms with van der Waals surface area (Å²) in [6.45, 7) is 6.74. The molecule has 1 amide bonds. The highest BCUT2D eigenvalue weighted by molar-refractivity contribution is 7.93. The summed E-state index contributed by atoms with van der Waals surface area (Å²) in [7, 11) is -1.92. The van der Waals surface area contributed by atoms with E-state index in [1.54, 1.807) is 44.4 Å². The van der Waals surface area contributed by atoms with Crippen LogP contribution in [0.5, 0.6) is 17.2 Å². The highest BCUT2D eigenvalue weighted by Crippen LogP contribution is 2.37. The standard InChI is InChI=1S/C28H33F2N3O7S2/c1-17-22(39-20-9-11-32(16-20)27(34)40-28(2,3)4)14-21(29)25(24(17)30)42(35,36)33(26-31-10-12-41-26)15-18-7-8-19(37-5)13-23(18)38-6/h7-8,10,12-14,20H,9,11,15-16H2,1-6H3. The highest BCUT2D eigenvalue weighted by atomic mass is 32.2. The van der Waals surface area contributed by atoms with Gasteiger partial charge in [0.05, 0.1) is 27.3 Å². The first-order valence-electron chi connectivity index (χ1n) is 13.0. The number of rotatable bonds is 9. The molecule has 0 N–H and O–H groups in total. The number of thiazole rings is 1. The normalized spacial score (nSPS) is 15.4. The van der Waals surface area contributed by atoms with Crippen molar-refractivity contribution in [3.05, 3.63) is 58.6 Å². The van der Waals surface area contributed by atoms with Gasteiger partial charge in [0.1, 0.15) is 34.8 Å². The van der Waals surface area contributed by atoms with Crippen molar-refractivity contribution in [2.45, 2.75) is 57.3 Å². The zero-order valence-electron chi connectivity index (χ0n) is 24.1. The van der Waals surface area contributed by atoms with Crippen LogP contribution in [-0.4, -0.2) is 63.4 Å². The summed E-state index contributed by atoms with van der Waals surface area (Å²) in [5, 5.41) is 1.57. The van der Waals surface area contributed by atoms with Crippen molar-refractivity contribution < 1.29 is 40.9 Å². The molecule has 1 aliphatic rings. The zero-order chi connectivity index (χ0) is 30.8. The summed E-state index contributed by atoms with van der Waals surface area (Å²) in [6.07, 6.45) is 0.723. The summed E-state index contributed by atoms with van der Waals surface area (Å²) in [5.41, 5.74) is -0.442. The Balaban J connectivity index is 1.64. The molecule has 1 unspecified atom stereocenters. The lowest BCUT2D eigenvalue weighted by Gasteiger charge is -2.25. The number of aromatic nitrogens is 1. The molecular formula is C28H33F2N3O7S2. The van der Waals surface area contributed by atoms with Crippen LogP contribution in [0.3, 0.4) is 0 Å². The van der Waals surface area contributed by atoms with Crippen molar-refractivity contribution in [3.8, 4) is 17.2 Å². The van der Waals surface area contributed by atoms with Crippen molar-refractivity contribution in [3.63, 3.8) is 0 Å². The van der Waals surface area contributed by atoms with Gasteiger partial charge in [-0.05, 0) is 39.8 Å². The fraction of sp³-hybridized carbons (Fsp3) is 0.429. The Kier molecular flexibility index (Phi) is 9.16. The number of carbonyl (C=O) groups excluding carboxylic acids is 1. The number of benzene rings is 2. The van der Waals surface area contributed by atoms with Crippen molar-refractivity contribution in [1.29, 1.82) is 0 Å². The molecule has 10 nitrogen and oxygen atoms in total. The summed E-state index contributed by atoms with van der Waals surface area (Å²) < 4.78 is 81.8. The van der Waals surface area contributed by atoms with Crippen LogP contribution in [0.15, 0.2) is 40.7 Å². The minimum absolute atomic E-state index is 0.0119. The quantitative estimate of drug-likeness (QED) is 0.306. The van der Waals surface area contributed by atoms with Crippen molar-refractivity contribution in [2.24, 2.45) is 0 Å². The lowest BCUT2D eigenvalue weighted by atomic mass is 10.2. The Hall–Kier alpha value is -3.65. The van der Waals surface area contributed by atoms with Gasteiger partial charge in [-0.15, -0.1) is 11.3 Å². The van der Waals surface area contributed by atoms with Gasteiger partial charge in [0, 0.05) is 47.8 Å². The molecule has 2 aromatic carbocycles. The molecule has 0 spiro atoms. The van der Waals surface area contributed by atoms with Crippen LogP contribution in [0, 0.1) is 18.6 Å². The van der Waals surface area contributed by atoms with Gasteiger partial charge in [0.15, 0.2) is 15.8 Å². The van der Waals surface area contributed by atoms with Crippen molar-refractivity contribution >= 4 is 32.6 Å². The van der Waals surface area contributed by atoms with Gasteiger partial charge in [0.25, 0.3) is 10.0 Å². The van der Waals surface area contributed by atoms with Gasteiger partial charge in [-0.3, -0.25) is 0 Å². The monoisotopic (exact) mass is 625 g/mol. The first kappa shape index (κ1) is 31.3. The number of hydrogen-bond acceptors (Lipinski definition) is 9. The molecule has 1 atom stereocenters. The number of sulfonamides is 1. The molecular weight excluding hydrogens is 592 g/mol. The number of nitrogens with zero attached hydrogens (tertiary/aromatic N) is 3. The van der Waals surface area contributed by atoms with E-state index in [1.807, 2.05) is 0 Å². The Morgan fingerprint density at radius 2 is 1.90 bits per heavy atom. The van der Waals surface area contributed by atoms with Gasteiger partial charge < -0.3 is 23.8 Å². The fourth-order valence-electron chi connectivity index (χ4n) is 4.37. The lowest BCUT2D eigenvalue weighted by Crippen LogP contribution is -2.36. The first-order valence-corrected chi connectivity index (χ1v) is 15.3. The van der Waals surface area contributed by atoms with E-state index in [9.17, 15) is 13.2 Å². The van der Waals surface area contributed by atoms with Crippen LogP contribution in [-0.2, 0) is 21.3 Å². The molecule has 0 saturated carbocycles. The molecule has 0 aliphatic carbocycles. The van der Waals surface area contributed by atoms with Gasteiger partial charge in [-0.2, -0.15) is 0 Å². The topological polar surface area (TPSA) is 108 Å². The maximum absolute atomic E-state index is 15.8. The Bertz CT molecular complexity index is 1540. The first-order chi connectivity index (χ1) is 19.7. The van der Waals surface area contributed by atoms with Gasteiger partial charge in [-0.25, -0.2) is 31.3 Å². The number of amides is 1. The number of ether oxygens (including phenoxy) is 4.